The Balaban J connectivity index is 1.72. The third-order valence-electron chi connectivity index (χ3n) is 4.26. The Labute approximate surface area is 141 Å². The Morgan fingerprint density at radius 1 is 1.25 bits per heavy atom. The van der Waals surface area contributed by atoms with Crippen molar-refractivity contribution in [3.63, 3.8) is 0 Å². The highest BCUT2D eigenvalue weighted by atomic mass is 16.4. The summed E-state index contributed by atoms with van der Waals surface area (Å²) in [5.41, 5.74) is 1.40. The maximum atomic E-state index is 12.3. The highest BCUT2D eigenvalue weighted by Gasteiger charge is 2.20. The van der Waals surface area contributed by atoms with Crippen molar-refractivity contribution in [2.45, 2.75) is 38.6 Å². The van der Waals surface area contributed by atoms with E-state index < -0.39 is 5.63 Å². The molecule has 1 atom stereocenters. The predicted molar refractivity (Wildman–Crippen MR) is 93.2 cm³/mol. The van der Waals surface area contributed by atoms with Crippen molar-refractivity contribution in [2.24, 2.45) is 0 Å². The van der Waals surface area contributed by atoms with Crippen LogP contribution in [0.4, 0.5) is 0 Å². The topological polar surface area (TPSA) is 59.3 Å². The molecule has 2 aromatic rings. The SMILES string of the molecule is Cc1cc(CCc2ccccc2)oc(=O)c1C(=O)NC1C=CCC1. The number of carbonyl (C=O) groups excluding carboxylic acids is 1. The van der Waals surface area contributed by atoms with Crippen LogP contribution in [0.25, 0.3) is 0 Å². The van der Waals surface area contributed by atoms with E-state index in [9.17, 15) is 9.59 Å². The van der Waals surface area contributed by atoms with E-state index in [1.807, 2.05) is 42.5 Å². The number of allylic oxidation sites excluding steroid dienone is 1. The van der Waals surface area contributed by atoms with Crippen LogP contribution in [0.3, 0.4) is 0 Å². The van der Waals surface area contributed by atoms with Crippen LogP contribution in [0.1, 0.15) is 40.1 Å². The zero-order chi connectivity index (χ0) is 16.9. The second-order valence-corrected chi connectivity index (χ2v) is 6.13. The molecule has 0 fully saturated rings. The van der Waals surface area contributed by atoms with Gasteiger partial charge in [-0.3, -0.25) is 4.79 Å². The number of hydrogen-bond acceptors (Lipinski definition) is 3. The molecule has 0 saturated heterocycles. The Bertz CT molecular complexity index is 805. The molecule has 0 bridgehead atoms. The van der Waals surface area contributed by atoms with Crippen LogP contribution < -0.4 is 10.9 Å². The molecule has 1 aromatic heterocycles. The molecule has 4 nitrogen and oxygen atoms in total. The lowest BCUT2D eigenvalue weighted by Gasteiger charge is -2.12. The lowest BCUT2D eigenvalue weighted by molar-refractivity contribution is 0.0939. The van der Waals surface area contributed by atoms with Gasteiger partial charge >= 0.3 is 5.63 Å². The van der Waals surface area contributed by atoms with Crippen molar-refractivity contribution in [1.82, 2.24) is 5.32 Å². The molecular weight excluding hydrogens is 302 g/mol. The summed E-state index contributed by atoms with van der Waals surface area (Å²) in [6.07, 6.45) is 7.26. The number of nitrogens with one attached hydrogen (secondary N) is 1. The predicted octanol–water partition coefficient (Wildman–Crippen LogP) is 3.18. The summed E-state index contributed by atoms with van der Waals surface area (Å²) in [5.74, 6) is 0.256. The van der Waals surface area contributed by atoms with E-state index in [4.69, 9.17) is 4.42 Å². The summed E-state index contributed by atoms with van der Waals surface area (Å²) in [5, 5.41) is 2.87. The van der Waals surface area contributed by atoms with Crippen molar-refractivity contribution >= 4 is 5.91 Å². The van der Waals surface area contributed by atoms with Gasteiger partial charge in [0.1, 0.15) is 11.3 Å². The standard InChI is InChI=1S/C20H21NO3/c1-14-13-17(12-11-15-7-3-2-4-8-15)24-20(23)18(14)19(22)21-16-9-5-6-10-16/h2-5,7-9,13,16H,6,10-12H2,1H3,(H,21,22). The molecule has 0 saturated carbocycles. The third kappa shape index (κ3) is 3.82. The highest BCUT2D eigenvalue weighted by Crippen LogP contribution is 2.13. The Kier molecular flexibility index (Phi) is 4.94. The molecule has 4 heteroatoms. The van der Waals surface area contributed by atoms with Gasteiger partial charge in [0.2, 0.25) is 0 Å². The first-order chi connectivity index (χ1) is 11.6. The zero-order valence-corrected chi connectivity index (χ0v) is 13.7. The average molecular weight is 323 g/mol. The molecule has 0 spiro atoms. The number of aryl methyl sites for hydroxylation is 3. The summed E-state index contributed by atoms with van der Waals surface area (Å²) >= 11 is 0. The van der Waals surface area contributed by atoms with Crippen molar-refractivity contribution in [3.05, 3.63) is 81.4 Å². The second-order valence-electron chi connectivity index (χ2n) is 6.13. The monoisotopic (exact) mass is 323 g/mol. The molecule has 1 heterocycles. The maximum absolute atomic E-state index is 12.3. The number of benzene rings is 1. The van der Waals surface area contributed by atoms with Gasteiger partial charge in [0, 0.05) is 12.5 Å². The van der Waals surface area contributed by atoms with Gasteiger partial charge < -0.3 is 9.73 Å². The maximum Gasteiger partial charge on any atom is 0.349 e. The number of carbonyl (C=O) groups is 1. The van der Waals surface area contributed by atoms with Gasteiger partial charge in [-0.05, 0) is 43.4 Å². The van der Waals surface area contributed by atoms with Crippen molar-refractivity contribution in [1.29, 1.82) is 0 Å². The van der Waals surface area contributed by atoms with Gasteiger partial charge in [-0.1, -0.05) is 42.5 Å². The minimum Gasteiger partial charge on any atom is -0.427 e. The van der Waals surface area contributed by atoms with Gasteiger partial charge in [-0.2, -0.15) is 0 Å². The number of amides is 1. The van der Waals surface area contributed by atoms with Gasteiger partial charge in [0.15, 0.2) is 0 Å². The van der Waals surface area contributed by atoms with E-state index in [-0.39, 0.29) is 17.5 Å². The lowest BCUT2D eigenvalue weighted by atomic mass is 10.1. The first kappa shape index (κ1) is 16.2. The molecule has 1 amide bonds. The Hall–Kier alpha value is -2.62. The molecule has 1 aliphatic carbocycles. The summed E-state index contributed by atoms with van der Waals surface area (Å²) in [6, 6.07) is 11.8. The summed E-state index contributed by atoms with van der Waals surface area (Å²) in [4.78, 5) is 24.6. The van der Waals surface area contributed by atoms with E-state index >= 15 is 0 Å². The molecule has 3 rings (SSSR count). The molecule has 0 aliphatic heterocycles. The van der Waals surface area contributed by atoms with Crippen LogP contribution in [0.5, 0.6) is 0 Å². The molecule has 1 unspecified atom stereocenters. The second kappa shape index (κ2) is 7.30. The van der Waals surface area contributed by atoms with E-state index in [2.05, 4.69) is 5.32 Å². The molecule has 124 valence electrons. The molecule has 24 heavy (non-hydrogen) atoms. The minimum atomic E-state index is -0.558. The third-order valence-corrected chi connectivity index (χ3v) is 4.26. The van der Waals surface area contributed by atoms with Crippen LogP contribution in [0.15, 0.2) is 57.8 Å². The quantitative estimate of drug-likeness (QED) is 0.860. The van der Waals surface area contributed by atoms with Crippen molar-refractivity contribution in [2.75, 3.05) is 0 Å². The van der Waals surface area contributed by atoms with Gasteiger partial charge in [-0.15, -0.1) is 0 Å². The first-order valence-electron chi connectivity index (χ1n) is 8.28. The summed E-state index contributed by atoms with van der Waals surface area (Å²) in [7, 11) is 0. The van der Waals surface area contributed by atoms with Gasteiger partial charge in [0.25, 0.3) is 5.91 Å². The fourth-order valence-electron chi connectivity index (χ4n) is 2.97. The van der Waals surface area contributed by atoms with Crippen LogP contribution in [0.2, 0.25) is 0 Å². The Morgan fingerprint density at radius 3 is 2.71 bits per heavy atom. The number of rotatable bonds is 5. The minimum absolute atomic E-state index is 0.00839. The molecule has 0 radical (unpaired) electrons. The van der Waals surface area contributed by atoms with E-state index in [1.54, 1.807) is 13.0 Å². The van der Waals surface area contributed by atoms with Gasteiger partial charge in [0.05, 0.1) is 0 Å². The largest absolute Gasteiger partial charge is 0.427 e. The van der Waals surface area contributed by atoms with E-state index in [0.29, 0.717) is 17.7 Å². The summed E-state index contributed by atoms with van der Waals surface area (Å²) in [6.45, 7) is 1.78. The van der Waals surface area contributed by atoms with Crippen LogP contribution in [-0.2, 0) is 12.8 Å². The normalized spacial score (nSPS) is 16.3. The fourth-order valence-corrected chi connectivity index (χ4v) is 2.97. The van der Waals surface area contributed by atoms with Crippen LogP contribution in [-0.4, -0.2) is 11.9 Å². The lowest BCUT2D eigenvalue weighted by Crippen LogP contribution is -2.35. The molecule has 1 N–H and O–H groups in total. The van der Waals surface area contributed by atoms with Crippen molar-refractivity contribution < 1.29 is 9.21 Å². The molecular formula is C20H21NO3. The van der Waals surface area contributed by atoms with Crippen LogP contribution >= 0.6 is 0 Å². The first-order valence-corrected chi connectivity index (χ1v) is 8.28. The number of hydrogen-bond donors (Lipinski definition) is 1. The summed E-state index contributed by atoms with van der Waals surface area (Å²) < 4.78 is 5.36. The van der Waals surface area contributed by atoms with Crippen molar-refractivity contribution in [3.8, 4) is 0 Å². The highest BCUT2D eigenvalue weighted by molar-refractivity contribution is 5.95. The Morgan fingerprint density at radius 2 is 2.04 bits per heavy atom. The molecule has 1 aromatic carbocycles. The van der Waals surface area contributed by atoms with Crippen LogP contribution in [0, 0.1) is 6.92 Å². The molecule has 1 aliphatic rings. The fraction of sp³-hybridized carbons (Fsp3) is 0.300. The van der Waals surface area contributed by atoms with E-state index in [0.717, 1.165) is 19.3 Å². The average Bonchev–Trinajstić information content (AvgIpc) is 3.06. The zero-order valence-electron chi connectivity index (χ0n) is 13.7. The smallest absolute Gasteiger partial charge is 0.349 e. The van der Waals surface area contributed by atoms with Gasteiger partial charge in [-0.25, -0.2) is 4.79 Å². The van der Waals surface area contributed by atoms with E-state index in [1.165, 1.54) is 5.56 Å².